The van der Waals surface area contributed by atoms with E-state index in [1.807, 2.05) is 18.7 Å². The second-order valence-corrected chi connectivity index (χ2v) is 6.78. The van der Waals surface area contributed by atoms with Gasteiger partial charge in [0.15, 0.2) is 12.1 Å². The normalized spacial score (nSPS) is 15.9. The van der Waals surface area contributed by atoms with Crippen LogP contribution in [0.2, 0.25) is 0 Å². The highest BCUT2D eigenvalue weighted by Gasteiger charge is 2.27. The number of carbonyl (C=O) groups excluding carboxylic acids is 1. The van der Waals surface area contributed by atoms with Gasteiger partial charge in [0.1, 0.15) is 5.76 Å². The van der Waals surface area contributed by atoms with E-state index in [0.29, 0.717) is 11.5 Å². The number of hydrogen-bond donors (Lipinski definition) is 0. The van der Waals surface area contributed by atoms with Gasteiger partial charge in [-0.1, -0.05) is 43.7 Å². The first-order valence-corrected chi connectivity index (χ1v) is 8.55. The number of benzene rings is 1. The molecule has 0 N–H and O–H groups in total. The third-order valence-electron chi connectivity index (χ3n) is 4.47. The molecule has 2 aromatic rings. The fourth-order valence-corrected chi connectivity index (χ4v) is 3.15. The second kappa shape index (κ2) is 7.18. The van der Waals surface area contributed by atoms with Gasteiger partial charge < -0.3 is 9.32 Å². The van der Waals surface area contributed by atoms with Gasteiger partial charge in [-0.3, -0.25) is 9.69 Å². The Morgan fingerprint density at radius 2 is 2.00 bits per heavy atom. The van der Waals surface area contributed by atoms with Crippen LogP contribution in [0.25, 0.3) is 0 Å². The van der Waals surface area contributed by atoms with Crippen LogP contribution in [-0.4, -0.2) is 46.9 Å². The minimum absolute atomic E-state index is 0.0114. The summed E-state index contributed by atoms with van der Waals surface area (Å²) in [6.07, 6.45) is 1.37. The van der Waals surface area contributed by atoms with Crippen molar-refractivity contribution < 1.29 is 9.21 Å². The van der Waals surface area contributed by atoms with Gasteiger partial charge in [0.25, 0.3) is 5.91 Å². The Morgan fingerprint density at radius 3 is 2.67 bits per heavy atom. The number of carbonyl (C=O) groups is 1. The number of aryl methyl sites for hydroxylation is 1. The van der Waals surface area contributed by atoms with Crippen molar-refractivity contribution in [3.63, 3.8) is 0 Å². The third-order valence-corrected chi connectivity index (χ3v) is 4.47. The molecular weight excluding hydrogens is 302 g/mol. The molecule has 1 aromatic carbocycles. The van der Waals surface area contributed by atoms with Gasteiger partial charge in [-0.15, -0.1) is 0 Å². The summed E-state index contributed by atoms with van der Waals surface area (Å²) in [6, 6.07) is 8.60. The van der Waals surface area contributed by atoms with Gasteiger partial charge in [0.2, 0.25) is 0 Å². The molecule has 5 nitrogen and oxygen atoms in total. The van der Waals surface area contributed by atoms with Crippen molar-refractivity contribution in [3.8, 4) is 0 Å². The SMILES string of the molecule is Cc1cccc(CN2CCN(C(=O)c3ncoc3C(C)C)CC2)c1. The molecule has 1 amide bonds. The van der Waals surface area contributed by atoms with Gasteiger partial charge in [-0.25, -0.2) is 4.98 Å². The van der Waals surface area contributed by atoms with E-state index in [0.717, 1.165) is 32.7 Å². The van der Waals surface area contributed by atoms with Crippen LogP contribution in [0, 0.1) is 6.92 Å². The minimum atomic E-state index is -0.0114. The summed E-state index contributed by atoms with van der Waals surface area (Å²) in [4.78, 5) is 21.1. The van der Waals surface area contributed by atoms with Gasteiger partial charge in [0, 0.05) is 38.6 Å². The van der Waals surface area contributed by atoms with Crippen molar-refractivity contribution in [2.24, 2.45) is 0 Å². The van der Waals surface area contributed by atoms with Crippen LogP contribution in [0.5, 0.6) is 0 Å². The lowest BCUT2D eigenvalue weighted by Gasteiger charge is -2.34. The zero-order valence-electron chi connectivity index (χ0n) is 14.7. The summed E-state index contributed by atoms with van der Waals surface area (Å²) < 4.78 is 5.38. The number of piperazine rings is 1. The Kier molecular flexibility index (Phi) is 5.00. The highest BCUT2D eigenvalue weighted by molar-refractivity contribution is 5.93. The molecule has 3 rings (SSSR count). The van der Waals surface area contributed by atoms with Crippen molar-refractivity contribution in [1.82, 2.24) is 14.8 Å². The largest absolute Gasteiger partial charge is 0.447 e. The fraction of sp³-hybridized carbons (Fsp3) is 0.474. The fourth-order valence-electron chi connectivity index (χ4n) is 3.15. The molecule has 1 aliphatic heterocycles. The summed E-state index contributed by atoms with van der Waals surface area (Å²) in [5.41, 5.74) is 3.08. The van der Waals surface area contributed by atoms with Crippen molar-refractivity contribution in [3.05, 3.63) is 53.2 Å². The van der Waals surface area contributed by atoms with E-state index in [4.69, 9.17) is 4.42 Å². The molecule has 1 fully saturated rings. The van der Waals surface area contributed by atoms with Crippen LogP contribution >= 0.6 is 0 Å². The van der Waals surface area contributed by atoms with Crippen molar-refractivity contribution in [2.75, 3.05) is 26.2 Å². The van der Waals surface area contributed by atoms with E-state index >= 15 is 0 Å². The highest BCUT2D eigenvalue weighted by Crippen LogP contribution is 2.20. The predicted molar refractivity (Wildman–Crippen MR) is 93.0 cm³/mol. The standard InChI is InChI=1S/C19H25N3O2/c1-14(2)18-17(20-13-24-18)19(23)22-9-7-21(8-10-22)12-16-6-4-5-15(3)11-16/h4-6,11,13-14H,7-10,12H2,1-3H3. The van der Waals surface area contributed by atoms with Crippen LogP contribution in [-0.2, 0) is 6.54 Å². The van der Waals surface area contributed by atoms with Crippen molar-refractivity contribution in [2.45, 2.75) is 33.2 Å². The quantitative estimate of drug-likeness (QED) is 0.866. The molecule has 0 unspecified atom stereocenters. The van der Waals surface area contributed by atoms with Crippen LogP contribution < -0.4 is 0 Å². The molecule has 24 heavy (non-hydrogen) atoms. The average molecular weight is 327 g/mol. The van der Waals surface area contributed by atoms with Crippen LogP contribution in [0.3, 0.4) is 0 Å². The van der Waals surface area contributed by atoms with Crippen molar-refractivity contribution >= 4 is 5.91 Å². The Labute approximate surface area is 143 Å². The zero-order valence-corrected chi connectivity index (χ0v) is 14.7. The number of rotatable bonds is 4. The Balaban J connectivity index is 1.58. The number of nitrogens with zero attached hydrogens (tertiary/aromatic N) is 3. The number of amides is 1. The molecular formula is C19H25N3O2. The minimum Gasteiger partial charge on any atom is -0.447 e. The smallest absolute Gasteiger partial charge is 0.276 e. The maximum atomic E-state index is 12.7. The summed E-state index contributed by atoms with van der Waals surface area (Å²) in [6.45, 7) is 10.3. The molecule has 0 atom stereocenters. The maximum absolute atomic E-state index is 12.7. The highest BCUT2D eigenvalue weighted by atomic mass is 16.3. The monoisotopic (exact) mass is 327 g/mol. The van der Waals surface area contributed by atoms with Crippen LogP contribution in [0.1, 0.15) is 47.1 Å². The van der Waals surface area contributed by atoms with Crippen LogP contribution in [0.4, 0.5) is 0 Å². The molecule has 0 aliphatic carbocycles. The lowest BCUT2D eigenvalue weighted by molar-refractivity contribution is 0.0620. The van der Waals surface area contributed by atoms with Gasteiger partial charge >= 0.3 is 0 Å². The first kappa shape index (κ1) is 16.7. The maximum Gasteiger partial charge on any atom is 0.276 e. The summed E-state index contributed by atoms with van der Waals surface area (Å²) >= 11 is 0. The number of hydrogen-bond acceptors (Lipinski definition) is 4. The van der Waals surface area contributed by atoms with Crippen LogP contribution in [0.15, 0.2) is 35.1 Å². The third kappa shape index (κ3) is 3.67. The van der Waals surface area contributed by atoms with E-state index in [1.54, 1.807) is 0 Å². The number of aromatic nitrogens is 1. The number of oxazole rings is 1. The lowest BCUT2D eigenvalue weighted by Crippen LogP contribution is -2.48. The Morgan fingerprint density at radius 1 is 1.25 bits per heavy atom. The average Bonchev–Trinajstić information content (AvgIpc) is 3.05. The van der Waals surface area contributed by atoms with Gasteiger partial charge in [-0.05, 0) is 12.5 Å². The van der Waals surface area contributed by atoms with E-state index in [2.05, 4.69) is 41.1 Å². The van der Waals surface area contributed by atoms with E-state index in [9.17, 15) is 4.79 Å². The molecule has 5 heteroatoms. The molecule has 0 bridgehead atoms. The molecule has 0 spiro atoms. The Bertz CT molecular complexity index is 700. The second-order valence-electron chi connectivity index (χ2n) is 6.78. The molecule has 1 aliphatic rings. The predicted octanol–water partition coefficient (Wildman–Crippen LogP) is 3.06. The zero-order chi connectivity index (χ0) is 17.1. The first-order valence-electron chi connectivity index (χ1n) is 8.55. The van der Waals surface area contributed by atoms with E-state index in [-0.39, 0.29) is 11.8 Å². The van der Waals surface area contributed by atoms with E-state index in [1.165, 1.54) is 17.5 Å². The Hall–Kier alpha value is -2.14. The summed E-state index contributed by atoms with van der Waals surface area (Å²) in [7, 11) is 0. The molecule has 128 valence electrons. The van der Waals surface area contributed by atoms with Gasteiger partial charge in [0.05, 0.1) is 0 Å². The molecule has 1 aromatic heterocycles. The molecule has 1 saturated heterocycles. The van der Waals surface area contributed by atoms with E-state index < -0.39 is 0 Å². The lowest BCUT2D eigenvalue weighted by atomic mass is 10.1. The van der Waals surface area contributed by atoms with Gasteiger partial charge in [-0.2, -0.15) is 0 Å². The first-order chi connectivity index (χ1) is 11.5. The van der Waals surface area contributed by atoms with Crippen molar-refractivity contribution in [1.29, 1.82) is 0 Å². The molecule has 0 saturated carbocycles. The molecule has 0 radical (unpaired) electrons. The topological polar surface area (TPSA) is 49.6 Å². The summed E-state index contributed by atoms with van der Waals surface area (Å²) in [5, 5.41) is 0. The molecule has 2 heterocycles. The summed E-state index contributed by atoms with van der Waals surface area (Å²) in [5.74, 6) is 0.832.